The molecule has 19 heavy (non-hydrogen) atoms. The van der Waals surface area contributed by atoms with Crippen LogP contribution in [0, 0.1) is 0 Å². The van der Waals surface area contributed by atoms with Gasteiger partial charge in [0.1, 0.15) is 15.6 Å². The summed E-state index contributed by atoms with van der Waals surface area (Å²) in [4.78, 5) is 0. The van der Waals surface area contributed by atoms with Gasteiger partial charge in [-0.2, -0.15) is 0 Å². The summed E-state index contributed by atoms with van der Waals surface area (Å²) in [5.74, 6) is 1.50. The summed E-state index contributed by atoms with van der Waals surface area (Å²) in [6.07, 6.45) is 1.43. The first-order chi connectivity index (χ1) is 9.09. The quantitative estimate of drug-likeness (QED) is 0.894. The van der Waals surface area contributed by atoms with Gasteiger partial charge in [0, 0.05) is 12.6 Å². The summed E-state index contributed by atoms with van der Waals surface area (Å²) >= 11 is 0. The predicted octanol–water partition coefficient (Wildman–Crippen LogP) is 1.75. The topological polar surface area (TPSA) is 55.4 Å². The number of hydrogen-bond acceptors (Lipinski definition) is 4. The zero-order chi connectivity index (χ0) is 13.7. The molecule has 1 aliphatic heterocycles. The molecule has 0 unspecified atom stereocenters. The van der Waals surface area contributed by atoms with Crippen molar-refractivity contribution in [3.63, 3.8) is 0 Å². The second-order valence-electron chi connectivity index (χ2n) is 4.89. The Balaban J connectivity index is 1.84. The lowest BCUT2D eigenvalue weighted by Gasteiger charge is -2.23. The summed E-state index contributed by atoms with van der Waals surface area (Å²) in [5, 5.41) is 3.42. The van der Waals surface area contributed by atoms with E-state index in [9.17, 15) is 8.42 Å². The number of nitrogens with one attached hydrogen (secondary N) is 1. The van der Waals surface area contributed by atoms with Crippen molar-refractivity contribution >= 4 is 9.84 Å². The molecule has 1 saturated heterocycles. The van der Waals surface area contributed by atoms with Crippen molar-refractivity contribution in [3.05, 3.63) is 29.8 Å². The molecule has 1 aliphatic rings. The van der Waals surface area contributed by atoms with E-state index in [1.54, 1.807) is 0 Å². The van der Waals surface area contributed by atoms with Gasteiger partial charge in [0.2, 0.25) is 0 Å². The van der Waals surface area contributed by atoms with Gasteiger partial charge in [-0.15, -0.1) is 0 Å². The fourth-order valence-electron chi connectivity index (χ4n) is 2.27. The normalized spacial score (nSPS) is 19.2. The average molecular weight is 283 g/mol. The summed E-state index contributed by atoms with van der Waals surface area (Å²) in [6, 6.07) is 8.30. The second-order valence-corrected chi connectivity index (χ2v) is 7.19. The molecule has 0 spiro atoms. The Kier molecular flexibility index (Phi) is 4.82. The Morgan fingerprint density at radius 3 is 2.74 bits per heavy atom. The van der Waals surface area contributed by atoms with E-state index in [1.807, 2.05) is 25.1 Å². The summed E-state index contributed by atoms with van der Waals surface area (Å²) in [6.45, 7) is 3.39. The van der Waals surface area contributed by atoms with Crippen molar-refractivity contribution in [1.82, 2.24) is 5.32 Å². The van der Waals surface area contributed by atoms with E-state index in [2.05, 4.69) is 11.4 Å². The Morgan fingerprint density at radius 2 is 2.05 bits per heavy atom. The van der Waals surface area contributed by atoms with Crippen LogP contribution in [0.15, 0.2) is 24.3 Å². The zero-order valence-electron chi connectivity index (χ0n) is 11.3. The second kappa shape index (κ2) is 6.39. The fourth-order valence-corrected chi connectivity index (χ4v) is 3.76. The third-order valence-corrected chi connectivity index (χ3v) is 5.07. The van der Waals surface area contributed by atoms with Gasteiger partial charge in [0.05, 0.1) is 18.1 Å². The van der Waals surface area contributed by atoms with Crippen LogP contribution >= 0.6 is 0 Å². The maximum absolute atomic E-state index is 11.3. The fraction of sp³-hybridized carbons (Fsp3) is 0.571. The molecular formula is C14H21NO3S. The first-order valence-electron chi connectivity index (χ1n) is 6.74. The van der Waals surface area contributed by atoms with Crippen LogP contribution in [0.1, 0.15) is 25.3 Å². The smallest absolute Gasteiger partial charge is 0.150 e. The lowest BCUT2D eigenvalue weighted by molar-refractivity contribution is 0.339. The highest BCUT2D eigenvalue weighted by Gasteiger charge is 2.22. The number of benzene rings is 1. The van der Waals surface area contributed by atoms with Crippen LogP contribution in [0.25, 0.3) is 0 Å². The first-order valence-corrected chi connectivity index (χ1v) is 8.57. The predicted molar refractivity (Wildman–Crippen MR) is 76.1 cm³/mol. The molecule has 0 atom stereocenters. The van der Waals surface area contributed by atoms with E-state index in [1.165, 1.54) is 5.56 Å². The summed E-state index contributed by atoms with van der Waals surface area (Å²) in [5.41, 5.74) is 1.17. The van der Waals surface area contributed by atoms with Gasteiger partial charge in [-0.1, -0.05) is 12.1 Å². The van der Waals surface area contributed by atoms with E-state index in [0.717, 1.165) is 12.3 Å². The SMILES string of the molecule is CCOc1cccc(CNC2CCS(=O)(=O)CC2)c1. The molecule has 2 rings (SSSR count). The summed E-state index contributed by atoms with van der Waals surface area (Å²) < 4.78 is 28.1. The van der Waals surface area contributed by atoms with Crippen molar-refractivity contribution in [2.75, 3.05) is 18.1 Å². The molecule has 0 aromatic heterocycles. The van der Waals surface area contributed by atoms with Crippen molar-refractivity contribution in [3.8, 4) is 5.75 Å². The molecule has 4 nitrogen and oxygen atoms in total. The Morgan fingerprint density at radius 1 is 1.32 bits per heavy atom. The van der Waals surface area contributed by atoms with Gasteiger partial charge >= 0.3 is 0 Å². The molecule has 0 saturated carbocycles. The van der Waals surface area contributed by atoms with Crippen LogP contribution in [0.5, 0.6) is 5.75 Å². The Labute approximate surface area is 115 Å². The van der Waals surface area contributed by atoms with Crippen molar-refractivity contribution < 1.29 is 13.2 Å². The minimum atomic E-state index is -2.77. The van der Waals surface area contributed by atoms with Crippen molar-refractivity contribution in [2.24, 2.45) is 0 Å². The molecule has 1 fully saturated rings. The molecule has 0 aliphatic carbocycles. The highest BCUT2D eigenvalue weighted by atomic mass is 32.2. The van der Waals surface area contributed by atoms with Crippen LogP contribution in [-0.4, -0.2) is 32.6 Å². The Hall–Kier alpha value is -1.07. The van der Waals surface area contributed by atoms with Crippen molar-refractivity contribution in [2.45, 2.75) is 32.4 Å². The lowest BCUT2D eigenvalue weighted by atomic mass is 10.1. The Bertz CT molecular complexity index is 499. The first kappa shape index (κ1) is 14.3. The zero-order valence-corrected chi connectivity index (χ0v) is 12.1. The lowest BCUT2D eigenvalue weighted by Crippen LogP contribution is -2.37. The van der Waals surface area contributed by atoms with E-state index in [4.69, 9.17) is 4.74 Å². The van der Waals surface area contributed by atoms with Gasteiger partial charge < -0.3 is 10.1 Å². The monoisotopic (exact) mass is 283 g/mol. The standard InChI is InChI=1S/C14H21NO3S/c1-2-18-14-5-3-4-12(10-14)11-15-13-6-8-19(16,17)9-7-13/h3-5,10,13,15H,2,6-9,11H2,1H3. The van der Waals surface area contributed by atoms with Gasteiger partial charge in [-0.05, 0) is 37.5 Å². The van der Waals surface area contributed by atoms with Gasteiger partial charge in [-0.25, -0.2) is 8.42 Å². The third-order valence-electron chi connectivity index (χ3n) is 3.36. The van der Waals surface area contributed by atoms with Gasteiger partial charge in [0.25, 0.3) is 0 Å². The van der Waals surface area contributed by atoms with Gasteiger partial charge in [-0.3, -0.25) is 0 Å². The van der Waals surface area contributed by atoms with Crippen LogP contribution in [0.3, 0.4) is 0 Å². The van der Waals surface area contributed by atoms with Crippen LogP contribution < -0.4 is 10.1 Å². The molecule has 1 aromatic carbocycles. The van der Waals surface area contributed by atoms with E-state index >= 15 is 0 Å². The minimum absolute atomic E-state index is 0.305. The van der Waals surface area contributed by atoms with Crippen LogP contribution in [0.4, 0.5) is 0 Å². The molecule has 5 heteroatoms. The number of ether oxygens (including phenoxy) is 1. The van der Waals surface area contributed by atoms with Gasteiger partial charge in [0.15, 0.2) is 0 Å². The maximum Gasteiger partial charge on any atom is 0.150 e. The third kappa shape index (κ3) is 4.51. The molecule has 0 bridgehead atoms. The molecule has 1 aromatic rings. The molecule has 1 N–H and O–H groups in total. The van der Waals surface area contributed by atoms with E-state index in [0.29, 0.717) is 37.0 Å². The largest absolute Gasteiger partial charge is 0.494 e. The number of rotatable bonds is 5. The van der Waals surface area contributed by atoms with Crippen molar-refractivity contribution in [1.29, 1.82) is 0 Å². The molecule has 0 amide bonds. The minimum Gasteiger partial charge on any atom is -0.494 e. The van der Waals surface area contributed by atoms with Crippen LogP contribution in [-0.2, 0) is 16.4 Å². The molecule has 0 radical (unpaired) electrons. The van der Waals surface area contributed by atoms with E-state index < -0.39 is 9.84 Å². The highest BCUT2D eigenvalue weighted by Crippen LogP contribution is 2.15. The van der Waals surface area contributed by atoms with E-state index in [-0.39, 0.29) is 0 Å². The molecular weight excluding hydrogens is 262 g/mol. The van der Waals surface area contributed by atoms with Crippen LogP contribution in [0.2, 0.25) is 0 Å². The molecule has 1 heterocycles. The number of sulfone groups is 1. The average Bonchev–Trinajstić information content (AvgIpc) is 2.38. The molecule has 106 valence electrons. The maximum atomic E-state index is 11.3. The summed E-state index contributed by atoms with van der Waals surface area (Å²) in [7, 11) is -2.77. The highest BCUT2D eigenvalue weighted by molar-refractivity contribution is 7.91. The number of hydrogen-bond donors (Lipinski definition) is 1.